The first-order valence-electron chi connectivity index (χ1n) is 9.49. The smallest absolute Gasteiger partial charge is 0.335 e. The van der Waals surface area contributed by atoms with Crippen molar-refractivity contribution in [2.75, 3.05) is 6.54 Å². The molecule has 3 unspecified atom stereocenters. The largest absolute Gasteiger partial charge is 0.394 e. The van der Waals surface area contributed by atoms with Gasteiger partial charge in [0.1, 0.15) is 0 Å². The number of nitrogens with zero attached hydrogens (tertiary/aromatic N) is 3. The summed E-state index contributed by atoms with van der Waals surface area (Å²) in [6.45, 7) is 2.29. The maximum absolute atomic E-state index is 13.2. The van der Waals surface area contributed by atoms with Crippen molar-refractivity contribution < 1.29 is 18.0 Å². The summed E-state index contributed by atoms with van der Waals surface area (Å²) in [6.07, 6.45) is -0.425. The van der Waals surface area contributed by atoms with Gasteiger partial charge in [0, 0.05) is 23.5 Å². The highest BCUT2D eigenvalue weighted by Gasteiger charge is 2.69. The molecule has 0 radical (unpaired) electrons. The summed E-state index contributed by atoms with van der Waals surface area (Å²) in [5, 5.41) is 5.01. The van der Waals surface area contributed by atoms with Crippen LogP contribution in [-0.4, -0.2) is 39.4 Å². The lowest BCUT2D eigenvalue weighted by Gasteiger charge is -2.21. The lowest BCUT2D eigenvalue weighted by atomic mass is 10.1. The Balaban J connectivity index is 1.49. The van der Waals surface area contributed by atoms with Crippen molar-refractivity contribution in [1.29, 1.82) is 0 Å². The maximum atomic E-state index is 13.2. The minimum absolute atomic E-state index is 0.206. The molecule has 0 bridgehead atoms. The molecule has 2 aliphatic carbocycles. The molecule has 0 N–H and O–H groups in total. The molecule has 1 aliphatic heterocycles. The Morgan fingerprint density at radius 3 is 2.61 bits per heavy atom. The van der Waals surface area contributed by atoms with Gasteiger partial charge < -0.3 is 4.90 Å². The number of hydrogen-bond donors (Lipinski definition) is 0. The molecule has 3 fully saturated rings. The lowest BCUT2D eigenvalue weighted by molar-refractivity contribution is -0.156. The number of carbonyl (C=O) groups excluding carboxylic acids is 1. The number of likely N-dealkylation sites (tertiary alicyclic amines) is 1. The van der Waals surface area contributed by atoms with Crippen LogP contribution in [0.2, 0.25) is 5.02 Å². The second-order valence-electron chi connectivity index (χ2n) is 8.07. The second-order valence-corrected chi connectivity index (χ2v) is 8.48. The van der Waals surface area contributed by atoms with Gasteiger partial charge >= 0.3 is 6.18 Å². The van der Waals surface area contributed by atoms with E-state index in [2.05, 4.69) is 5.10 Å². The van der Waals surface area contributed by atoms with E-state index in [-0.39, 0.29) is 11.8 Å². The monoisotopic (exact) mass is 409 g/mol. The third kappa shape index (κ3) is 2.74. The predicted octanol–water partition coefficient (Wildman–Crippen LogP) is 4.73. The summed E-state index contributed by atoms with van der Waals surface area (Å²) in [7, 11) is 0. The summed E-state index contributed by atoms with van der Waals surface area (Å²) in [6, 6.07) is 4.87. The Morgan fingerprint density at radius 1 is 1.25 bits per heavy atom. The number of aromatic nitrogens is 2. The molecule has 1 amide bonds. The van der Waals surface area contributed by atoms with E-state index in [9.17, 15) is 18.0 Å². The van der Waals surface area contributed by atoms with E-state index >= 15 is 0 Å². The molecular formula is C20H19ClF3N3O. The molecule has 3 aliphatic rings. The van der Waals surface area contributed by atoms with Crippen LogP contribution in [-0.2, 0) is 0 Å². The summed E-state index contributed by atoms with van der Waals surface area (Å²) in [4.78, 5) is 14.6. The van der Waals surface area contributed by atoms with Crippen molar-refractivity contribution in [3.63, 3.8) is 0 Å². The van der Waals surface area contributed by atoms with Gasteiger partial charge in [0.05, 0.1) is 29.1 Å². The molecule has 2 saturated carbocycles. The van der Waals surface area contributed by atoms with Crippen LogP contribution in [0.25, 0.3) is 5.69 Å². The van der Waals surface area contributed by atoms with Crippen molar-refractivity contribution in [2.24, 2.45) is 11.8 Å². The van der Waals surface area contributed by atoms with Crippen molar-refractivity contribution in [3.05, 3.63) is 46.2 Å². The molecule has 1 saturated heterocycles. The minimum Gasteiger partial charge on any atom is -0.335 e. The number of piperidine rings is 1. The van der Waals surface area contributed by atoms with E-state index in [4.69, 9.17) is 11.6 Å². The summed E-state index contributed by atoms with van der Waals surface area (Å²) in [5.41, 5.74) is 2.91. The first-order valence-corrected chi connectivity index (χ1v) is 9.87. The van der Waals surface area contributed by atoms with Gasteiger partial charge in [-0.15, -0.1) is 0 Å². The molecule has 4 nitrogen and oxygen atoms in total. The van der Waals surface area contributed by atoms with Crippen LogP contribution >= 0.6 is 11.6 Å². The number of benzene rings is 1. The highest BCUT2D eigenvalue weighted by Crippen LogP contribution is 2.58. The van der Waals surface area contributed by atoms with E-state index in [1.165, 1.54) is 11.1 Å². The average Bonchev–Trinajstić information content (AvgIpc) is 3.53. The molecule has 2 aromatic rings. The molecule has 0 spiro atoms. The van der Waals surface area contributed by atoms with Crippen LogP contribution in [0.5, 0.6) is 0 Å². The minimum atomic E-state index is -4.24. The van der Waals surface area contributed by atoms with E-state index in [1.54, 1.807) is 10.7 Å². The fourth-order valence-electron chi connectivity index (χ4n) is 4.59. The van der Waals surface area contributed by atoms with Gasteiger partial charge in [0.25, 0.3) is 5.91 Å². The van der Waals surface area contributed by atoms with E-state index in [0.29, 0.717) is 23.6 Å². The zero-order valence-electron chi connectivity index (χ0n) is 15.2. The van der Waals surface area contributed by atoms with Crippen molar-refractivity contribution in [1.82, 2.24) is 14.7 Å². The molecular weight excluding hydrogens is 391 g/mol. The average molecular weight is 410 g/mol. The second kappa shape index (κ2) is 5.99. The number of fused-ring (bicyclic) bond motifs is 1. The third-order valence-corrected chi connectivity index (χ3v) is 6.64. The maximum Gasteiger partial charge on any atom is 0.394 e. The van der Waals surface area contributed by atoms with Gasteiger partial charge in [0.2, 0.25) is 0 Å². The van der Waals surface area contributed by atoms with Gasteiger partial charge in [-0.05, 0) is 49.8 Å². The van der Waals surface area contributed by atoms with E-state index < -0.39 is 24.1 Å². The number of aryl methyl sites for hydroxylation is 1. The molecule has 148 valence electrons. The van der Waals surface area contributed by atoms with Crippen LogP contribution in [0, 0.1) is 18.8 Å². The first-order chi connectivity index (χ1) is 13.3. The predicted molar refractivity (Wildman–Crippen MR) is 97.8 cm³/mol. The number of amides is 1. The van der Waals surface area contributed by atoms with Gasteiger partial charge in [-0.25, -0.2) is 4.68 Å². The van der Waals surface area contributed by atoms with Crippen LogP contribution in [0.1, 0.15) is 46.8 Å². The topological polar surface area (TPSA) is 38.1 Å². The van der Waals surface area contributed by atoms with E-state index in [1.807, 2.05) is 19.1 Å². The van der Waals surface area contributed by atoms with Gasteiger partial charge in [0.15, 0.2) is 0 Å². The van der Waals surface area contributed by atoms with Crippen molar-refractivity contribution in [2.45, 2.75) is 44.3 Å². The molecule has 1 aromatic heterocycles. The van der Waals surface area contributed by atoms with Gasteiger partial charge in [-0.3, -0.25) is 4.79 Å². The van der Waals surface area contributed by atoms with Crippen molar-refractivity contribution in [3.8, 4) is 5.69 Å². The summed E-state index contributed by atoms with van der Waals surface area (Å²) in [5.74, 6) is -1.94. The van der Waals surface area contributed by atoms with Crippen LogP contribution in [0.3, 0.4) is 0 Å². The van der Waals surface area contributed by atoms with Gasteiger partial charge in [-0.1, -0.05) is 17.7 Å². The molecule has 2 heterocycles. The standard InChI is InChI=1S/C20H19ClF3N3O/c1-10-2-5-12(8-15(10)21)27-17(11-3-4-11)14(9-25-27)19(28)26-7-6-13-16(18(13)26)20(22,23)24/h2,5,8-9,11,13,16,18H,3-4,6-7H2,1H3. The number of hydrogen-bond acceptors (Lipinski definition) is 2. The van der Waals surface area contributed by atoms with Crippen LogP contribution < -0.4 is 0 Å². The zero-order valence-corrected chi connectivity index (χ0v) is 16.0. The highest BCUT2D eigenvalue weighted by molar-refractivity contribution is 6.31. The lowest BCUT2D eigenvalue weighted by Crippen LogP contribution is -2.35. The Labute approximate surface area is 165 Å². The fraction of sp³-hybridized carbons (Fsp3) is 0.500. The Kier molecular flexibility index (Phi) is 3.86. The number of rotatable bonds is 3. The van der Waals surface area contributed by atoms with Crippen LogP contribution in [0.15, 0.2) is 24.4 Å². The molecule has 1 aromatic carbocycles. The normalized spacial score (nSPS) is 26.5. The third-order valence-electron chi connectivity index (χ3n) is 6.23. The quantitative estimate of drug-likeness (QED) is 0.734. The van der Waals surface area contributed by atoms with E-state index in [0.717, 1.165) is 29.8 Å². The Morgan fingerprint density at radius 2 is 2.00 bits per heavy atom. The fourth-order valence-corrected chi connectivity index (χ4v) is 4.76. The van der Waals surface area contributed by atoms with Crippen molar-refractivity contribution >= 4 is 17.5 Å². The summed E-state index contributed by atoms with van der Waals surface area (Å²) < 4.78 is 41.2. The van der Waals surface area contributed by atoms with Gasteiger partial charge in [-0.2, -0.15) is 18.3 Å². The number of halogens is 4. The Hall–Kier alpha value is -2.02. The molecule has 8 heteroatoms. The molecule has 28 heavy (non-hydrogen) atoms. The number of alkyl halides is 3. The first kappa shape index (κ1) is 18.0. The Bertz CT molecular complexity index is 966. The van der Waals surface area contributed by atoms with Crippen LogP contribution in [0.4, 0.5) is 13.2 Å². The zero-order chi connectivity index (χ0) is 19.8. The highest BCUT2D eigenvalue weighted by atomic mass is 35.5. The molecule has 5 rings (SSSR count). The number of carbonyl (C=O) groups is 1. The molecule has 3 atom stereocenters. The summed E-state index contributed by atoms with van der Waals surface area (Å²) >= 11 is 6.24. The SMILES string of the molecule is Cc1ccc(-n2ncc(C(=O)N3CCC4C3C4C(F)(F)F)c2C2CC2)cc1Cl.